The van der Waals surface area contributed by atoms with Crippen LogP contribution in [0.5, 0.6) is 0 Å². The van der Waals surface area contributed by atoms with E-state index in [0.29, 0.717) is 5.13 Å². The number of urea groups is 1. The van der Waals surface area contributed by atoms with Gasteiger partial charge in [-0.15, -0.1) is 21.8 Å². The monoisotopic (exact) mass is 310 g/mol. The highest BCUT2D eigenvalue weighted by molar-refractivity contribution is 7.91. The van der Waals surface area contributed by atoms with Crippen molar-refractivity contribution in [1.29, 1.82) is 0 Å². The van der Waals surface area contributed by atoms with Crippen LogP contribution < -0.4 is 10.6 Å². The van der Waals surface area contributed by atoms with Crippen molar-refractivity contribution in [2.45, 2.75) is 18.3 Å². The topological polar surface area (TPSA) is 101 Å². The Morgan fingerprint density at radius 1 is 1.44 bits per heavy atom. The molecule has 2 heterocycles. The van der Waals surface area contributed by atoms with E-state index in [1.165, 1.54) is 11.3 Å². The smallest absolute Gasteiger partial charge is 0.321 e. The maximum Gasteiger partial charge on any atom is 0.321 e. The number of alkyl halides is 1. The second-order valence-electron chi connectivity index (χ2n) is 3.92. The molecule has 1 aromatic rings. The number of nitrogens with one attached hydrogen (secondary N) is 2. The number of hydrogen-bond donors (Lipinski definition) is 2. The lowest BCUT2D eigenvalue weighted by atomic mass is 10.2. The largest absolute Gasteiger partial charge is 0.333 e. The molecule has 1 saturated heterocycles. The van der Waals surface area contributed by atoms with E-state index in [1.54, 1.807) is 6.92 Å². The molecule has 100 valence electrons. The van der Waals surface area contributed by atoms with Gasteiger partial charge in [-0.25, -0.2) is 13.2 Å². The summed E-state index contributed by atoms with van der Waals surface area (Å²) in [4.78, 5) is 11.6. The highest BCUT2D eigenvalue weighted by Crippen LogP contribution is 2.18. The molecule has 7 nitrogen and oxygen atoms in total. The van der Waals surface area contributed by atoms with Crippen LogP contribution in [0.4, 0.5) is 9.93 Å². The molecule has 0 radical (unpaired) electrons. The molecule has 2 atom stereocenters. The number of aryl methyl sites for hydroxylation is 1. The molecule has 1 aromatic heterocycles. The maximum atomic E-state index is 11.6. The Morgan fingerprint density at radius 3 is 2.67 bits per heavy atom. The minimum atomic E-state index is -3.16. The third kappa shape index (κ3) is 3.30. The fraction of sp³-hybridized carbons (Fsp3) is 0.625. The lowest BCUT2D eigenvalue weighted by Crippen LogP contribution is -2.42. The highest BCUT2D eigenvalue weighted by atomic mass is 35.5. The molecule has 0 spiro atoms. The number of anilines is 1. The number of sulfone groups is 1. The number of carbonyl (C=O) groups is 1. The number of rotatable bonds is 2. The van der Waals surface area contributed by atoms with Crippen molar-refractivity contribution in [3.8, 4) is 0 Å². The first-order valence-corrected chi connectivity index (χ1v) is 8.15. The van der Waals surface area contributed by atoms with E-state index in [-0.39, 0.29) is 11.5 Å². The Balaban J connectivity index is 1.92. The lowest BCUT2D eigenvalue weighted by molar-refractivity contribution is 0.249. The van der Waals surface area contributed by atoms with E-state index in [4.69, 9.17) is 11.6 Å². The van der Waals surface area contributed by atoms with E-state index in [2.05, 4.69) is 20.8 Å². The van der Waals surface area contributed by atoms with Gasteiger partial charge in [0.15, 0.2) is 9.84 Å². The van der Waals surface area contributed by atoms with Crippen molar-refractivity contribution >= 4 is 43.9 Å². The summed E-state index contributed by atoms with van der Waals surface area (Å²) < 4.78 is 22.6. The van der Waals surface area contributed by atoms with Gasteiger partial charge in [0.1, 0.15) is 5.01 Å². The van der Waals surface area contributed by atoms with E-state index >= 15 is 0 Å². The first-order chi connectivity index (χ1) is 8.35. The number of carbonyl (C=O) groups excluding carboxylic acids is 1. The fourth-order valence-electron chi connectivity index (χ4n) is 1.59. The first-order valence-electron chi connectivity index (χ1n) is 5.08. The second kappa shape index (κ2) is 4.98. The molecular formula is C8H11ClN4O3S2. The molecule has 1 aliphatic rings. The zero-order valence-electron chi connectivity index (χ0n) is 9.38. The Labute approximate surface area is 113 Å². The summed E-state index contributed by atoms with van der Waals surface area (Å²) in [5, 5.41) is 12.9. The summed E-state index contributed by atoms with van der Waals surface area (Å²) in [7, 11) is -3.16. The predicted molar refractivity (Wildman–Crippen MR) is 68.9 cm³/mol. The maximum absolute atomic E-state index is 11.6. The van der Waals surface area contributed by atoms with Crippen molar-refractivity contribution in [2.24, 2.45) is 0 Å². The summed E-state index contributed by atoms with van der Waals surface area (Å²) in [6.07, 6.45) is 0. The Bertz CT molecular complexity index is 558. The predicted octanol–water partition coefficient (Wildman–Crippen LogP) is 0.372. The standard InChI is InChI=1S/C8H11ClN4O3S2/c1-4-12-13-8(17-4)11-7(14)10-6-3-18(15,16)2-5(6)9/h5-6H,2-3H2,1H3,(H2,10,11,13,14)/t5-,6-/m1/s1. The van der Waals surface area contributed by atoms with Gasteiger partial charge in [-0.1, -0.05) is 11.3 Å². The van der Waals surface area contributed by atoms with Crippen molar-refractivity contribution in [3.63, 3.8) is 0 Å². The third-order valence-corrected chi connectivity index (χ3v) is 5.48. The Morgan fingerprint density at radius 2 is 2.17 bits per heavy atom. The van der Waals surface area contributed by atoms with Crippen LogP contribution in [-0.2, 0) is 9.84 Å². The van der Waals surface area contributed by atoms with E-state index in [0.717, 1.165) is 5.01 Å². The molecule has 0 unspecified atom stereocenters. The van der Waals surface area contributed by atoms with Gasteiger partial charge < -0.3 is 5.32 Å². The minimum absolute atomic E-state index is 0.114. The minimum Gasteiger partial charge on any atom is -0.333 e. The average Bonchev–Trinajstić information content (AvgIpc) is 2.71. The van der Waals surface area contributed by atoms with Crippen LogP contribution in [0.15, 0.2) is 0 Å². The Kier molecular flexibility index (Phi) is 3.74. The van der Waals surface area contributed by atoms with Crippen molar-refractivity contribution in [2.75, 3.05) is 16.8 Å². The molecule has 1 aliphatic heterocycles. The molecule has 10 heteroatoms. The van der Waals surface area contributed by atoms with Crippen molar-refractivity contribution < 1.29 is 13.2 Å². The van der Waals surface area contributed by atoms with Gasteiger partial charge in [0.25, 0.3) is 0 Å². The second-order valence-corrected chi connectivity index (χ2v) is 7.82. The van der Waals surface area contributed by atoms with Crippen LogP contribution in [0.1, 0.15) is 5.01 Å². The van der Waals surface area contributed by atoms with Gasteiger partial charge >= 0.3 is 6.03 Å². The molecule has 18 heavy (non-hydrogen) atoms. The molecule has 0 aliphatic carbocycles. The van der Waals surface area contributed by atoms with Crippen LogP contribution in [0.2, 0.25) is 0 Å². The Hall–Kier alpha value is -0.930. The molecular weight excluding hydrogens is 300 g/mol. The summed E-state index contributed by atoms with van der Waals surface area (Å²) in [6, 6.07) is -1.11. The summed E-state index contributed by atoms with van der Waals surface area (Å²) in [5.41, 5.74) is 0. The molecule has 2 N–H and O–H groups in total. The molecule has 0 saturated carbocycles. The van der Waals surface area contributed by atoms with Crippen LogP contribution in [0, 0.1) is 6.92 Å². The van der Waals surface area contributed by atoms with Crippen LogP contribution in [0.25, 0.3) is 0 Å². The van der Waals surface area contributed by atoms with E-state index in [1.807, 2.05) is 0 Å². The number of amides is 2. The molecule has 1 fully saturated rings. The summed E-state index contributed by atoms with van der Waals surface area (Å²) in [5.74, 6) is -0.249. The van der Waals surface area contributed by atoms with Crippen molar-refractivity contribution in [3.05, 3.63) is 5.01 Å². The summed E-state index contributed by atoms with van der Waals surface area (Å²) >= 11 is 7.10. The zero-order chi connectivity index (χ0) is 13.3. The van der Waals surface area contributed by atoms with E-state index in [9.17, 15) is 13.2 Å². The number of nitrogens with zero attached hydrogens (tertiary/aromatic N) is 2. The number of hydrogen-bond acceptors (Lipinski definition) is 6. The lowest BCUT2D eigenvalue weighted by Gasteiger charge is -2.13. The highest BCUT2D eigenvalue weighted by Gasteiger charge is 2.37. The fourth-order valence-corrected chi connectivity index (χ4v) is 4.72. The van der Waals surface area contributed by atoms with E-state index < -0.39 is 27.3 Å². The quantitative estimate of drug-likeness (QED) is 0.769. The van der Waals surface area contributed by atoms with Gasteiger partial charge in [-0.2, -0.15) is 0 Å². The van der Waals surface area contributed by atoms with Crippen molar-refractivity contribution in [1.82, 2.24) is 15.5 Å². The SMILES string of the molecule is Cc1nnc(NC(=O)N[C@@H]2CS(=O)(=O)C[C@H]2Cl)s1. The first kappa shape index (κ1) is 13.5. The average molecular weight is 311 g/mol. The molecule has 0 bridgehead atoms. The van der Waals surface area contributed by atoms with Gasteiger partial charge in [0.2, 0.25) is 5.13 Å². The molecule has 0 aromatic carbocycles. The zero-order valence-corrected chi connectivity index (χ0v) is 11.8. The normalized spacial score (nSPS) is 25.9. The third-order valence-electron chi connectivity index (χ3n) is 2.35. The molecule has 2 rings (SSSR count). The van der Waals surface area contributed by atoms with Crippen LogP contribution in [0.3, 0.4) is 0 Å². The van der Waals surface area contributed by atoms with Gasteiger partial charge in [0.05, 0.1) is 22.9 Å². The number of halogens is 1. The molecule has 2 amide bonds. The van der Waals surface area contributed by atoms with Gasteiger partial charge in [-0.3, -0.25) is 5.32 Å². The number of aromatic nitrogens is 2. The summed E-state index contributed by atoms with van der Waals surface area (Å²) in [6.45, 7) is 1.76. The van der Waals surface area contributed by atoms with Crippen LogP contribution in [-0.4, -0.2) is 47.6 Å². The van der Waals surface area contributed by atoms with Gasteiger partial charge in [-0.05, 0) is 6.92 Å². The van der Waals surface area contributed by atoms with Gasteiger partial charge in [0, 0.05) is 0 Å². The van der Waals surface area contributed by atoms with Crippen LogP contribution >= 0.6 is 22.9 Å².